The molecule has 1 fully saturated rings. The van der Waals surface area contributed by atoms with Crippen molar-refractivity contribution in [1.29, 1.82) is 0 Å². The molecule has 0 saturated carbocycles. The van der Waals surface area contributed by atoms with Crippen LogP contribution in [-0.2, 0) is 0 Å². The minimum absolute atomic E-state index is 0.149. The molecule has 0 spiro atoms. The van der Waals surface area contributed by atoms with Gasteiger partial charge < -0.3 is 9.88 Å². The number of likely N-dealkylation sites (tertiary alicyclic amines) is 1. The predicted octanol–water partition coefficient (Wildman–Crippen LogP) is 4.07. The van der Waals surface area contributed by atoms with Crippen molar-refractivity contribution in [3.8, 4) is 0 Å². The standard InChI is InChI=1S/C18H24N2O/c1-13(2)14-7-5-10-20(11-9-14)18(21)17-12-15-6-3-4-8-16(15)19-17/h3-4,6,8,12-14,19H,5,7,9-11H2,1-2H3. The van der Waals surface area contributed by atoms with Gasteiger partial charge in [-0.2, -0.15) is 0 Å². The summed E-state index contributed by atoms with van der Waals surface area (Å²) >= 11 is 0. The summed E-state index contributed by atoms with van der Waals surface area (Å²) in [6.45, 7) is 6.36. The van der Waals surface area contributed by atoms with Crippen LogP contribution in [-0.4, -0.2) is 28.9 Å². The molecule has 2 aromatic rings. The van der Waals surface area contributed by atoms with Gasteiger partial charge in [0, 0.05) is 24.0 Å². The average molecular weight is 284 g/mol. The van der Waals surface area contributed by atoms with Gasteiger partial charge in [0.05, 0.1) is 0 Å². The third-order valence-electron chi connectivity index (χ3n) is 4.76. The van der Waals surface area contributed by atoms with E-state index < -0.39 is 0 Å². The summed E-state index contributed by atoms with van der Waals surface area (Å²) in [5, 5.41) is 1.11. The lowest BCUT2D eigenvalue weighted by molar-refractivity contribution is 0.0754. The molecule has 0 bridgehead atoms. The van der Waals surface area contributed by atoms with E-state index in [1.807, 2.05) is 35.2 Å². The minimum Gasteiger partial charge on any atom is -0.351 e. The summed E-state index contributed by atoms with van der Waals surface area (Å²) in [6.07, 6.45) is 3.49. The van der Waals surface area contributed by atoms with E-state index in [0.29, 0.717) is 5.92 Å². The van der Waals surface area contributed by atoms with Crippen molar-refractivity contribution in [2.45, 2.75) is 33.1 Å². The van der Waals surface area contributed by atoms with E-state index in [-0.39, 0.29) is 5.91 Å². The molecule has 112 valence electrons. The largest absolute Gasteiger partial charge is 0.351 e. The van der Waals surface area contributed by atoms with Crippen molar-refractivity contribution in [3.05, 3.63) is 36.0 Å². The zero-order valence-corrected chi connectivity index (χ0v) is 12.9. The van der Waals surface area contributed by atoms with Crippen LogP contribution in [0.15, 0.2) is 30.3 Å². The lowest BCUT2D eigenvalue weighted by atomic mass is 9.89. The van der Waals surface area contributed by atoms with E-state index in [9.17, 15) is 4.79 Å². The Kier molecular flexibility index (Phi) is 4.00. The predicted molar refractivity (Wildman–Crippen MR) is 86.4 cm³/mol. The Labute approximate surface area is 126 Å². The first-order valence-corrected chi connectivity index (χ1v) is 8.02. The smallest absolute Gasteiger partial charge is 0.270 e. The number of aromatic nitrogens is 1. The summed E-state index contributed by atoms with van der Waals surface area (Å²) in [7, 11) is 0. The van der Waals surface area contributed by atoms with E-state index in [4.69, 9.17) is 0 Å². The molecule has 1 amide bonds. The number of para-hydroxylation sites is 1. The Bertz CT molecular complexity index is 596. The highest BCUT2D eigenvalue weighted by Gasteiger charge is 2.23. The number of nitrogens with zero attached hydrogens (tertiary/aromatic N) is 1. The highest BCUT2D eigenvalue weighted by Crippen LogP contribution is 2.25. The molecular weight excluding hydrogens is 260 g/mol. The van der Waals surface area contributed by atoms with Gasteiger partial charge in [-0.1, -0.05) is 32.0 Å². The van der Waals surface area contributed by atoms with Crippen LogP contribution in [0.3, 0.4) is 0 Å². The molecule has 1 aliphatic rings. The maximum absolute atomic E-state index is 12.7. The molecule has 1 N–H and O–H groups in total. The highest BCUT2D eigenvalue weighted by atomic mass is 16.2. The van der Waals surface area contributed by atoms with Crippen LogP contribution in [0.2, 0.25) is 0 Å². The van der Waals surface area contributed by atoms with Crippen molar-refractivity contribution < 1.29 is 4.79 Å². The zero-order chi connectivity index (χ0) is 14.8. The Hall–Kier alpha value is -1.77. The monoisotopic (exact) mass is 284 g/mol. The molecule has 2 heterocycles. The number of nitrogens with one attached hydrogen (secondary N) is 1. The molecule has 0 aliphatic carbocycles. The molecule has 21 heavy (non-hydrogen) atoms. The highest BCUT2D eigenvalue weighted by molar-refractivity contribution is 5.98. The fourth-order valence-corrected chi connectivity index (χ4v) is 3.35. The van der Waals surface area contributed by atoms with Gasteiger partial charge in [0.15, 0.2) is 0 Å². The van der Waals surface area contributed by atoms with Gasteiger partial charge >= 0.3 is 0 Å². The molecule has 1 atom stereocenters. The molecular formula is C18H24N2O. The van der Waals surface area contributed by atoms with Gasteiger partial charge in [-0.15, -0.1) is 0 Å². The van der Waals surface area contributed by atoms with Crippen LogP contribution in [0, 0.1) is 11.8 Å². The first kappa shape index (κ1) is 14.2. The number of aromatic amines is 1. The van der Waals surface area contributed by atoms with Gasteiger partial charge in [-0.3, -0.25) is 4.79 Å². The summed E-state index contributed by atoms with van der Waals surface area (Å²) in [6, 6.07) is 10.0. The van der Waals surface area contributed by atoms with Crippen LogP contribution in [0.25, 0.3) is 10.9 Å². The van der Waals surface area contributed by atoms with Crippen LogP contribution in [0.1, 0.15) is 43.6 Å². The molecule has 3 rings (SSSR count). The van der Waals surface area contributed by atoms with Gasteiger partial charge in [0.25, 0.3) is 5.91 Å². The number of rotatable bonds is 2. The fourth-order valence-electron chi connectivity index (χ4n) is 3.35. The van der Waals surface area contributed by atoms with E-state index in [1.165, 1.54) is 6.42 Å². The van der Waals surface area contributed by atoms with Gasteiger partial charge in [-0.05, 0) is 43.2 Å². The quantitative estimate of drug-likeness (QED) is 0.886. The second-order valence-corrected chi connectivity index (χ2v) is 6.50. The Morgan fingerprint density at radius 1 is 1.24 bits per heavy atom. The summed E-state index contributed by atoms with van der Waals surface area (Å²) in [5.41, 5.74) is 1.76. The van der Waals surface area contributed by atoms with E-state index in [2.05, 4.69) is 18.8 Å². The van der Waals surface area contributed by atoms with Crippen molar-refractivity contribution >= 4 is 16.8 Å². The maximum Gasteiger partial charge on any atom is 0.270 e. The van der Waals surface area contributed by atoms with Crippen molar-refractivity contribution in [2.24, 2.45) is 11.8 Å². The van der Waals surface area contributed by atoms with Crippen LogP contribution in [0.5, 0.6) is 0 Å². The maximum atomic E-state index is 12.7. The lowest BCUT2D eigenvalue weighted by Gasteiger charge is -2.21. The van der Waals surface area contributed by atoms with E-state index in [1.54, 1.807) is 0 Å². The summed E-state index contributed by atoms with van der Waals surface area (Å²) in [4.78, 5) is 18.0. The van der Waals surface area contributed by atoms with Crippen molar-refractivity contribution in [1.82, 2.24) is 9.88 Å². The van der Waals surface area contributed by atoms with Crippen LogP contribution < -0.4 is 0 Å². The average Bonchev–Trinajstić information content (AvgIpc) is 2.75. The normalized spacial score (nSPS) is 20.0. The number of carbonyl (C=O) groups is 1. The van der Waals surface area contributed by atoms with Gasteiger partial charge in [0.2, 0.25) is 0 Å². The Morgan fingerprint density at radius 2 is 2.05 bits per heavy atom. The Balaban J connectivity index is 1.75. The van der Waals surface area contributed by atoms with Gasteiger partial charge in [0.1, 0.15) is 5.69 Å². The molecule has 1 saturated heterocycles. The number of carbonyl (C=O) groups excluding carboxylic acids is 1. The number of amides is 1. The number of H-pyrrole nitrogens is 1. The summed E-state index contributed by atoms with van der Waals surface area (Å²) < 4.78 is 0. The first-order valence-electron chi connectivity index (χ1n) is 8.02. The Morgan fingerprint density at radius 3 is 2.81 bits per heavy atom. The third-order valence-corrected chi connectivity index (χ3v) is 4.76. The SMILES string of the molecule is CC(C)C1CCCN(C(=O)c2cc3ccccc3[nH]2)CC1. The van der Waals surface area contributed by atoms with Crippen molar-refractivity contribution in [2.75, 3.05) is 13.1 Å². The number of benzene rings is 1. The molecule has 1 unspecified atom stereocenters. The van der Waals surface area contributed by atoms with Crippen molar-refractivity contribution in [3.63, 3.8) is 0 Å². The molecule has 3 heteroatoms. The zero-order valence-electron chi connectivity index (χ0n) is 12.9. The molecule has 3 nitrogen and oxygen atoms in total. The van der Waals surface area contributed by atoms with E-state index >= 15 is 0 Å². The van der Waals surface area contributed by atoms with Crippen LogP contribution in [0.4, 0.5) is 0 Å². The lowest BCUT2D eigenvalue weighted by Crippen LogP contribution is -2.32. The minimum atomic E-state index is 0.149. The second-order valence-electron chi connectivity index (χ2n) is 6.50. The molecule has 1 aliphatic heterocycles. The third kappa shape index (κ3) is 2.97. The number of hydrogen-bond donors (Lipinski definition) is 1. The number of hydrogen-bond acceptors (Lipinski definition) is 1. The topological polar surface area (TPSA) is 36.1 Å². The molecule has 1 aromatic carbocycles. The van der Waals surface area contributed by atoms with Crippen LogP contribution >= 0.6 is 0 Å². The van der Waals surface area contributed by atoms with E-state index in [0.717, 1.165) is 48.4 Å². The first-order chi connectivity index (χ1) is 10.1. The van der Waals surface area contributed by atoms with Gasteiger partial charge in [-0.25, -0.2) is 0 Å². The fraction of sp³-hybridized carbons (Fsp3) is 0.500. The molecule has 1 aromatic heterocycles. The second kappa shape index (κ2) is 5.92. The molecule has 0 radical (unpaired) electrons. The summed E-state index contributed by atoms with van der Waals surface area (Å²) in [5.74, 6) is 1.62. The number of fused-ring (bicyclic) bond motifs is 1.